The Kier molecular flexibility index (Phi) is 5.90. The number of hydrogen-bond donors (Lipinski definition) is 0. The molecule has 0 saturated heterocycles. The van der Waals surface area contributed by atoms with Gasteiger partial charge in [0.05, 0.1) is 35.6 Å². The van der Waals surface area contributed by atoms with Crippen LogP contribution in [-0.2, 0) is 17.8 Å². The molecule has 7 nitrogen and oxygen atoms in total. The van der Waals surface area contributed by atoms with Crippen LogP contribution in [0.1, 0.15) is 29.4 Å². The first-order valence-electron chi connectivity index (χ1n) is 11.1. The summed E-state index contributed by atoms with van der Waals surface area (Å²) >= 11 is 0. The van der Waals surface area contributed by atoms with Crippen molar-refractivity contribution in [3.63, 3.8) is 0 Å². The molecule has 0 saturated carbocycles. The number of pyridine rings is 1. The molecule has 5 rings (SSSR count). The zero-order valence-electron chi connectivity index (χ0n) is 18.6. The maximum Gasteiger partial charge on any atom is 0.272 e. The van der Waals surface area contributed by atoms with Gasteiger partial charge in [0.25, 0.3) is 5.69 Å². The molecule has 2 aromatic carbocycles. The molecule has 1 atom stereocenters. The van der Waals surface area contributed by atoms with Crippen molar-refractivity contribution in [2.45, 2.75) is 32.4 Å². The van der Waals surface area contributed by atoms with Crippen molar-refractivity contribution in [2.24, 2.45) is 0 Å². The van der Waals surface area contributed by atoms with Crippen LogP contribution < -0.4 is 0 Å². The van der Waals surface area contributed by atoms with Gasteiger partial charge in [0.15, 0.2) is 0 Å². The van der Waals surface area contributed by atoms with Crippen molar-refractivity contribution in [3.8, 4) is 22.5 Å². The summed E-state index contributed by atoms with van der Waals surface area (Å²) < 4.78 is 21.8. The van der Waals surface area contributed by atoms with E-state index < -0.39 is 0 Å². The Morgan fingerprint density at radius 3 is 2.62 bits per heavy atom. The highest BCUT2D eigenvalue weighted by Gasteiger charge is 2.30. The van der Waals surface area contributed by atoms with E-state index in [0.29, 0.717) is 18.8 Å². The third-order valence-electron chi connectivity index (χ3n) is 6.30. The van der Waals surface area contributed by atoms with Gasteiger partial charge < -0.3 is 9.30 Å². The summed E-state index contributed by atoms with van der Waals surface area (Å²) in [5.74, 6) is 0.676. The van der Waals surface area contributed by atoms with E-state index in [1.54, 1.807) is 37.5 Å². The normalized spacial score (nSPS) is 14.8. The number of imidazole rings is 1. The quantitative estimate of drug-likeness (QED) is 0.263. The van der Waals surface area contributed by atoms with E-state index in [4.69, 9.17) is 9.72 Å². The van der Waals surface area contributed by atoms with Crippen molar-refractivity contribution in [1.29, 1.82) is 0 Å². The maximum atomic E-state index is 13.5. The maximum absolute atomic E-state index is 13.5. The van der Waals surface area contributed by atoms with Gasteiger partial charge in [-0.3, -0.25) is 15.1 Å². The van der Waals surface area contributed by atoms with Gasteiger partial charge in [-0.15, -0.1) is 0 Å². The molecule has 1 aliphatic rings. The lowest BCUT2D eigenvalue weighted by Gasteiger charge is -2.18. The fourth-order valence-corrected chi connectivity index (χ4v) is 4.55. The number of fused-ring (bicyclic) bond motifs is 1. The largest absolute Gasteiger partial charge is 0.375 e. The van der Waals surface area contributed by atoms with E-state index in [0.717, 1.165) is 46.7 Å². The first-order valence-corrected chi connectivity index (χ1v) is 11.1. The van der Waals surface area contributed by atoms with Gasteiger partial charge in [0, 0.05) is 41.6 Å². The highest BCUT2D eigenvalue weighted by Crippen LogP contribution is 2.39. The molecule has 0 unspecified atom stereocenters. The summed E-state index contributed by atoms with van der Waals surface area (Å²) in [4.78, 5) is 19.9. The van der Waals surface area contributed by atoms with E-state index in [9.17, 15) is 14.5 Å². The number of benzene rings is 2. The first-order chi connectivity index (χ1) is 16.5. The zero-order valence-corrected chi connectivity index (χ0v) is 18.6. The number of nitrogens with zero attached hydrogens (tertiary/aromatic N) is 4. The van der Waals surface area contributed by atoms with Crippen LogP contribution in [0.4, 0.5) is 10.1 Å². The van der Waals surface area contributed by atoms with Crippen molar-refractivity contribution < 1.29 is 14.1 Å². The van der Waals surface area contributed by atoms with Gasteiger partial charge in [-0.1, -0.05) is 12.1 Å². The number of halogens is 1. The SMILES string of the molecule is Cc1c(COC[C@@H]2CCc3nc(-c4ccc(F)cc4)c(-c4ccncc4)n32)cccc1[N+](=O)[O-]. The molecule has 0 N–H and O–H groups in total. The van der Waals surface area contributed by atoms with E-state index in [2.05, 4.69) is 9.55 Å². The van der Waals surface area contributed by atoms with Crippen molar-refractivity contribution in [1.82, 2.24) is 14.5 Å². The van der Waals surface area contributed by atoms with E-state index in [-0.39, 0.29) is 22.5 Å². The molecular weight excluding hydrogens is 435 g/mol. The van der Waals surface area contributed by atoms with Gasteiger partial charge in [-0.2, -0.15) is 0 Å². The number of ether oxygens (including phenoxy) is 1. The number of nitro benzene ring substituents is 1. The monoisotopic (exact) mass is 458 g/mol. The minimum Gasteiger partial charge on any atom is -0.375 e. The molecule has 1 aliphatic heterocycles. The zero-order chi connectivity index (χ0) is 23.7. The molecule has 0 fully saturated rings. The number of nitro groups is 1. The van der Waals surface area contributed by atoms with Crippen molar-refractivity contribution in [3.05, 3.63) is 99.9 Å². The molecule has 0 amide bonds. The molecule has 3 heterocycles. The van der Waals surface area contributed by atoms with Crippen LogP contribution in [0.3, 0.4) is 0 Å². The minimum absolute atomic E-state index is 0.0684. The predicted molar refractivity (Wildman–Crippen MR) is 126 cm³/mol. The van der Waals surface area contributed by atoms with Crippen molar-refractivity contribution >= 4 is 5.69 Å². The highest BCUT2D eigenvalue weighted by atomic mass is 19.1. The van der Waals surface area contributed by atoms with E-state index in [1.165, 1.54) is 18.2 Å². The Bertz CT molecular complexity index is 1340. The Morgan fingerprint density at radius 2 is 1.88 bits per heavy atom. The average molecular weight is 458 g/mol. The van der Waals surface area contributed by atoms with Crippen LogP contribution in [0.2, 0.25) is 0 Å². The molecule has 172 valence electrons. The Morgan fingerprint density at radius 1 is 1.12 bits per heavy atom. The summed E-state index contributed by atoms with van der Waals surface area (Å²) in [6.07, 6.45) is 5.19. The lowest BCUT2D eigenvalue weighted by Crippen LogP contribution is -2.13. The van der Waals surface area contributed by atoms with Crippen LogP contribution >= 0.6 is 0 Å². The smallest absolute Gasteiger partial charge is 0.272 e. The third-order valence-corrected chi connectivity index (χ3v) is 6.30. The van der Waals surface area contributed by atoms with E-state index >= 15 is 0 Å². The van der Waals surface area contributed by atoms with Crippen LogP contribution in [0.15, 0.2) is 67.0 Å². The molecule has 8 heteroatoms. The standard InChI is InChI=1S/C26H23FN4O3/c1-17-20(3-2-4-23(17)31(32)33)15-34-16-22-9-10-24-29-25(18-5-7-21(27)8-6-18)26(30(22)24)19-11-13-28-14-12-19/h2-8,11-14,22H,9-10,15-16H2,1H3/t22-/m0/s1. The summed E-state index contributed by atoms with van der Waals surface area (Å²) in [5, 5.41) is 11.2. The number of hydrogen-bond acceptors (Lipinski definition) is 5. The second-order valence-corrected chi connectivity index (χ2v) is 8.36. The first kappa shape index (κ1) is 21.9. The minimum atomic E-state index is -0.370. The topological polar surface area (TPSA) is 83.1 Å². The summed E-state index contributed by atoms with van der Waals surface area (Å²) in [5.41, 5.74) is 5.12. The summed E-state index contributed by atoms with van der Waals surface area (Å²) in [7, 11) is 0. The van der Waals surface area contributed by atoms with Gasteiger partial charge in [0.1, 0.15) is 11.6 Å². The summed E-state index contributed by atoms with van der Waals surface area (Å²) in [6.45, 7) is 2.49. The Labute approximate surface area is 196 Å². The van der Waals surface area contributed by atoms with Crippen LogP contribution in [-0.4, -0.2) is 26.1 Å². The second-order valence-electron chi connectivity index (χ2n) is 8.36. The van der Waals surface area contributed by atoms with Gasteiger partial charge in [-0.25, -0.2) is 9.37 Å². The second kappa shape index (κ2) is 9.15. The van der Waals surface area contributed by atoms with Crippen molar-refractivity contribution in [2.75, 3.05) is 6.61 Å². The van der Waals surface area contributed by atoms with Crippen LogP contribution in [0.5, 0.6) is 0 Å². The Balaban J connectivity index is 1.44. The number of aryl methyl sites for hydroxylation is 1. The van der Waals surface area contributed by atoms with Crippen LogP contribution in [0.25, 0.3) is 22.5 Å². The highest BCUT2D eigenvalue weighted by molar-refractivity contribution is 5.79. The number of aromatic nitrogens is 3. The molecule has 34 heavy (non-hydrogen) atoms. The molecule has 0 spiro atoms. The fourth-order valence-electron chi connectivity index (χ4n) is 4.55. The van der Waals surface area contributed by atoms with E-state index in [1.807, 2.05) is 18.2 Å². The van der Waals surface area contributed by atoms with Crippen LogP contribution in [0, 0.1) is 22.9 Å². The predicted octanol–water partition coefficient (Wildman–Crippen LogP) is 5.67. The number of rotatable bonds is 7. The third kappa shape index (κ3) is 4.08. The summed E-state index contributed by atoms with van der Waals surface area (Å²) in [6, 6.07) is 15.4. The van der Waals surface area contributed by atoms with Gasteiger partial charge >= 0.3 is 0 Å². The lowest BCUT2D eigenvalue weighted by molar-refractivity contribution is -0.385. The fraction of sp³-hybridized carbons (Fsp3) is 0.231. The molecule has 0 aliphatic carbocycles. The molecule has 2 aromatic heterocycles. The Hall–Kier alpha value is -3.91. The van der Waals surface area contributed by atoms with Gasteiger partial charge in [-0.05, 0) is 55.3 Å². The lowest BCUT2D eigenvalue weighted by atomic mass is 10.0. The molecule has 0 radical (unpaired) electrons. The molecular formula is C26H23FN4O3. The molecule has 0 bridgehead atoms. The van der Waals surface area contributed by atoms with Gasteiger partial charge in [0.2, 0.25) is 0 Å². The molecule has 4 aromatic rings. The average Bonchev–Trinajstić information content (AvgIpc) is 3.41.